The number of rotatable bonds is 20. The maximum atomic E-state index is 10.7. The molecular formula is C21H40O5S. The first-order chi connectivity index (χ1) is 13.0. The first-order valence-corrected chi connectivity index (χ1v) is 11.8. The van der Waals surface area contributed by atoms with Crippen molar-refractivity contribution >= 4 is 23.7 Å². The highest BCUT2D eigenvalue weighted by Crippen LogP contribution is 2.25. The number of aliphatic hydroxyl groups excluding tert-OH is 1. The molecule has 0 radical (unpaired) electrons. The topological polar surface area (TPSA) is 94.8 Å². The number of carboxylic acids is 2. The van der Waals surface area contributed by atoms with Crippen molar-refractivity contribution in [2.75, 3.05) is 5.75 Å². The van der Waals surface area contributed by atoms with Crippen LogP contribution < -0.4 is 0 Å². The van der Waals surface area contributed by atoms with Crippen molar-refractivity contribution in [1.82, 2.24) is 0 Å². The van der Waals surface area contributed by atoms with E-state index in [0.717, 1.165) is 51.4 Å². The number of hydrogen-bond donors (Lipinski definition) is 3. The molecule has 3 N–H and O–H groups in total. The Kier molecular flexibility index (Phi) is 18.1. The molecule has 2 atom stereocenters. The van der Waals surface area contributed by atoms with Crippen molar-refractivity contribution in [2.45, 2.75) is 115 Å². The number of thioether (sulfide) groups is 1. The third-order valence-corrected chi connectivity index (χ3v) is 6.23. The van der Waals surface area contributed by atoms with Crippen LogP contribution in [-0.4, -0.2) is 44.4 Å². The smallest absolute Gasteiger partial charge is 0.304 e. The maximum absolute atomic E-state index is 10.7. The quantitative estimate of drug-likeness (QED) is 0.232. The summed E-state index contributed by atoms with van der Waals surface area (Å²) in [6.07, 6.45) is 13.7. The van der Waals surface area contributed by atoms with E-state index in [2.05, 4.69) is 6.92 Å². The summed E-state index contributed by atoms with van der Waals surface area (Å²) < 4.78 is 0. The van der Waals surface area contributed by atoms with Gasteiger partial charge in [-0.2, -0.15) is 11.8 Å². The highest BCUT2D eigenvalue weighted by Gasteiger charge is 2.19. The number of hydrogen-bond acceptors (Lipinski definition) is 4. The highest BCUT2D eigenvalue weighted by molar-refractivity contribution is 7.99. The van der Waals surface area contributed by atoms with Gasteiger partial charge in [-0.1, -0.05) is 71.1 Å². The number of aliphatic hydroxyl groups is 1. The fraction of sp³-hybridized carbons (Fsp3) is 0.905. The second kappa shape index (κ2) is 18.6. The lowest BCUT2D eigenvalue weighted by atomic mass is 10.0. The van der Waals surface area contributed by atoms with Crippen molar-refractivity contribution in [3.05, 3.63) is 0 Å². The minimum absolute atomic E-state index is 0.127. The summed E-state index contributed by atoms with van der Waals surface area (Å²) in [7, 11) is 0. The lowest BCUT2D eigenvalue weighted by molar-refractivity contribution is -0.137. The largest absolute Gasteiger partial charge is 0.481 e. The average molecular weight is 405 g/mol. The van der Waals surface area contributed by atoms with Crippen molar-refractivity contribution < 1.29 is 24.9 Å². The van der Waals surface area contributed by atoms with Crippen molar-refractivity contribution in [3.8, 4) is 0 Å². The molecule has 0 aliphatic rings. The maximum Gasteiger partial charge on any atom is 0.304 e. The van der Waals surface area contributed by atoms with Crippen molar-refractivity contribution in [1.29, 1.82) is 0 Å². The van der Waals surface area contributed by atoms with Crippen LogP contribution in [-0.2, 0) is 9.59 Å². The Morgan fingerprint density at radius 2 is 1.26 bits per heavy atom. The molecule has 0 aliphatic carbocycles. The van der Waals surface area contributed by atoms with Crippen LogP contribution in [0.25, 0.3) is 0 Å². The average Bonchev–Trinajstić information content (AvgIpc) is 2.61. The van der Waals surface area contributed by atoms with E-state index in [1.54, 1.807) is 11.8 Å². The zero-order chi connectivity index (χ0) is 20.3. The summed E-state index contributed by atoms with van der Waals surface area (Å²) in [6, 6.07) is 0. The molecule has 6 heteroatoms. The first kappa shape index (κ1) is 26.2. The Hall–Kier alpha value is -0.750. The van der Waals surface area contributed by atoms with Crippen molar-refractivity contribution in [3.63, 3.8) is 0 Å². The van der Waals surface area contributed by atoms with Gasteiger partial charge in [0.25, 0.3) is 0 Å². The molecule has 0 aromatic rings. The molecule has 0 unspecified atom stereocenters. The molecule has 0 aromatic heterocycles. The van der Waals surface area contributed by atoms with Crippen LogP contribution in [0.1, 0.15) is 103 Å². The van der Waals surface area contributed by atoms with E-state index in [9.17, 15) is 14.7 Å². The molecule has 0 aromatic carbocycles. The van der Waals surface area contributed by atoms with E-state index < -0.39 is 11.9 Å². The minimum atomic E-state index is -0.781. The molecule has 160 valence electrons. The third-order valence-electron chi connectivity index (χ3n) is 4.81. The van der Waals surface area contributed by atoms with E-state index in [-0.39, 0.29) is 24.2 Å². The zero-order valence-electron chi connectivity index (χ0n) is 17.0. The monoisotopic (exact) mass is 404 g/mol. The molecule has 0 amide bonds. The Balaban J connectivity index is 4.01. The van der Waals surface area contributed by atoms with Gasteiger partial charge in [0.15, 0.2) is 0 Å². The van der Waals surface area contributed by atoms with Gasteiger partial charge in [-0.25, -0.2) is 0 Å². The SMILES string of the molecule is CCCCCCCC[C@@H](SCCC(=O)O)[C@@H](O)CCCCCCCC(=O)O. The van der Waals surface area contributed by atoms with Crippen LogP contribution in [0.15, 0.2) is 0 Å². The molecule has 27 heavy (non-hydrogen) atoms. The summed E-state index contributed by atoms with van der Waals surface area (Å²) in [5.41, 5.74) is 0. The lowest BCUT2D eigenvalue weighted by Crippen LogP contribution is -2.24. The molecule has 0 heterocycles. The fourth-order valence-corrected chi connectivity index (χ4v) is 4.44. The van der Waals surface area contributed by atoms with Crippen LogP contribution in [0, 0.1) is 0 Å². The summed E-state index contributed by atoms with van der Waals surface area (Å²) in [6.45, 7) is 2.21. The van der Waals surface area contributed by atoms with Crippen LogP contribution in [0.4, 0.5) is 0 Å². The number of unbranched alkanes of at least 4 members (excludes halogenated alkanes) is 9. The molecule has 0 bridgehead atoms. The van der Waals surface area contributed by atoms with Gasteiger partial charge in [-0.05, 0) is 19.3 Å². The minimum Gasteiger partial charge on any atom is -0.481 e. The number of carbonyl (C=O) groups is 2. The van der Waals surface area contributed by atoms with E-state index in [4.69, 9.17) is 10.2 Å². The molecule has 5 nitrogen and oxygen atoms in total. The summed E-state index contributed by atoms with van der Waals surface area (Å²) in [5, 5.41) is 28.1. The van der Waals surface area contributed by atoms with Gasteiger partial charge in [0.2, 0.25) is 0 Å². The summed E-state index contributed by atoms with van der Waals surface area (Å²) in [5.74, 6) is -0.958. The van der Waals surface area contributed by atoms with Crippen LogP contribution in [0.5, 0.6) is 0 Å². The Labute approximate surface area is 169 Å². The van der Waals surface area contributed by atoms with E-state index in [1.165, 1.54) is 32.1 Å². The molecule has 0 saturated heterocycles. The number of carboxylic acid groups (broad SMARTS) is 2. The first-order valence-electron chi connectivity index (χ1n) is 10.7. The van der Waals surface area contributed by atoms with Gasteiger partial charge in [-0.3, -0.25) is 9.59 Å². The second-order valence-corrected chi connectivity index (χ2v) is 8.72. The zero-order valence-corrected chi connectivity index (χ0v) is 17.9. The molecule has 0 rings (SSSR count). The predicted octanol–water partition coefficient (Wildman–Crippen LogP) is 5.49. The standard InChI is InChI=1S/C21H40O5S/c1-2-3-4-5-8-11-14-19(27-17-16-21(25)26)18(22)13-10-7-6-9-12-15-20(23)24/h18-19,22H,2-17H2,1H3,(H,23,24)(H,25,26)/t18-,19+/m0/s1. The van der Waals surface area contributed by atoms with Crippen molar-refractivity contribution in [2.24, 2.45) is 0 Å². The van der Waals surface area contributed by atoms with Crippen LogP contribution in [0.2, 0.25) is 0 Å². The third kappa shape index (κ3) is 18.4. The van der Waals surface area contributed by atoms with Gasteiger partial charge < -0.3 is 15.3 Å². The fourth-order valence-electron chi connectivity index (χ4n) is 3.16. The van der Waals surface area contributed by atoms with Gasteiger partial charge in [0.05, 0.1) is 12.5 Å². The van der Waals surface area contributed by atoms with Crippen LogP contribution >= 0.6 is 11.8 Å². The van der Waals surface area contributed by atoms with Gasteiger partial charge >= 0.3 is 11.9 Å². The highest BCUT2D eigenvalue weighted by atomic mass is 32.2. The van der Waals surface area contributed by atoms with Gasteiger partial charge in [-0.15, -0.1) is 0 Å². The summed E-state index contributed by atoms with van der Waals surface area (Å²) >= 11 is 1.61. The Bertz CT molecular complexity index is 376. The molecule has 0 aliphatic heterocycles. The van der Waals surface area contributed by atoms with E-state index in [0.29, 0.717) is 5.75 Å². The molecule has 0 fully saturated rings. The predicted molar refractivity (Wildman–Crippen MR) is 112 cm³/mol. The van der Waals surface area contributed by atoms with Gasteiger partial charge in [0, 0.05) is 17.4 Å². The Morgan fingerprint density at radius 1 is 0.741 bits per heavy atom. The molecule has 0 saturated carbocycles. The van der Waals surface area contributed by atoms with Crippen LogP contribution in [0.3, 0.4) is 0 Å². The molecule has 0 spiro atoms. The molecular weight excluding hydrogens is 364 g/mol. The van der Waals surface area contributed by atoms with E-state index >= 15 is 0 Å². The van der Waals surface area contributed by atoms with E-state index in [1.807, 2.05) is 0 Å². The second-order valence-electron chi connectivity index (χ2n) is 7.38. The summed E-state index contributed by atoms with van der Waals surface area (Å²) in [4.78, 5) is 21.2. The normalized spacial score (nSPS) is 13.4. The number of aliphatic carboxylic acids is 2. The van der Waals surface area contributed by atoms with Gasteiger partial charge in [0.1, 0.15) is 0 Å². The lowest BCUT2D eigenvalue weighted by Gasteiger charge is -2.22. The Morgan fingerprint density at radius 3 is 1.85 bits per heavy atom.